The molecule has 0 amide bonds. The zero-order valence-corrected chi connectivity index (χ0v) is 8.09. The lowest BCUT2D eigenvalue weighted by molar-refractivity contribution is 1.18. The summed E-state index contributed by atoms with van der Waals surface area (Å²) in [6, 6.07) is 0. The lowest BCUT2D eigenvalue weighted by Gasteiger charge is -1.88. The molecule has 0 radical (unpaired) electrons. The molecule has 0 bridgehead atoms. The van der Waals surface area contributed by atoms with Gasteiger partial charge in [0.05, 0.1) is 24.8 Å². The van der Waals surface area contributed by atoms with Gasteiger partial charge in [-0.05, 0) is 0 Å². The molecule has 68 valence electrons. The van der Waals surface area contributed by atoms with Crippen molar-refractivity contribution in [2.75, 3.05) is 0 Å². The van der Waals surface area contributed by atoms with Gasteiger partial charge in [-0.1, -0.05) is 0 Å². The van der Waals surface area contributed by atoms with E-state index in [0.29, 0.717) is 0 Å². The number of hydrogen-bond acceptors (Lipinski definition) is 5. The zero-order valence-electron chi connectivity index (χ0n) is 7.20. The number of rotatable bonds is 2. The first-order valence-corrected chi connectivity index (χ1v) is 5.23. The van der Waals surface area contributed by atoms with Crippen LogP contribution in [0.25, 0.3) is 0 Å². The summed E-state index contributed by atoms with van der Waals surface area (Å²) in [7, 11) is -1.17. The molecule has 0 saturated carbocycles. The van der Waals surface area contributed by atoms with Gasteiger partial charge in [0.2, 0.25) is 10.6 Å². The third kappa shape index (κ3) is 1.78. The second-order valence-corrected chi connectivity index (χ2v) is 4.23. The molecule has 0 aliphatic rings. The van der Waals surface area contributed by atoms with Gasteiger partial charge in [-0.15, -0.1) is 5.16 Å². The van der Waals surface area contributed by atoms with Crippen molar-refractivity contribution in [2.45, 2.75) is 0 Å². The van der Waals surface area contributed by atoms with E-state index in [2.05, 4.69) is 19.9 Å². The van der Waals surface area contributed by atoms with Gasteiger partial charge in [-0.2, -0.15) is 0 Å². The first kappa shape index (κ1) is 8.84. The number of nitrogens with one attached hydrogen (secondary N) is 1. The van der Waals surface area contributed by atoms with Crippen molar-refractivity contribution < 1.29 is 0 Å². The summed E-state index contributed by atoms with van der Waals surface area (Å²) in [6.07, 6.45) is 9.51. The average molecular weight is 204 g/mol. The molecule has 0 unspecified atom stereocenters. The second kappa shape index (κ2) is 3.98. The molecule has 0 spiro atoms. The first-order chi connectivity index (χ1) is 6.88. The van der Waals surface area contributed by atoms with Gasteiger partial charge in [-0.25, -0.2) is 19.9 Å². The van der Waals surface area contributed by atoms with E-state index in [1.807, 2.05) is 0 Å². The fourth-order valence-electron chi connectivity index (χ4n) is 0.962. The molecule has 0 aromatic carbocycles. The van der Waals surface area contributed by atoms with Crippen LogP contribution in [-0.4, -0.2) is 19.9 Å². The number of aromatic nitrogens is 4. The van der Waals surface area contributed by atoms with Gasteiger partial charge >= 0.3 is 0 Å². The summed E-state index contributed by atoms with van der Waals surface area (Å²) in [5.74, 6) is 0. The minimum absolute atomic E-state index is 0.803. The van der Waals surface area contributed by atoms with Crippen LogP contribution in [0, 0.1) is 5.16 Å². The third-order valence-electron chi connectivity index (χ3n) is 1.61. The molecule has 6 heteroatoms. The fraction of sp³-hybridized carbons (Fsp3) is 0. The molecule has 2 aromatic rings. The van der Waals surface area contributed by atoms with Crippen molar-refractivity contribution in [3.05, 3.63) is 37.4 Å². The van der Waals surface area contributed by atoms with Crippen LogP contribution < -0.4 is 10.6 Å². The molecule has 0 fully saturated rings. The van der Waals surface area contributed by atoms with Crippen LogP contribution in [0.3, 0.4) is 0 Å². The number of nitrogens with zero attached hydrogens (tertiary/aromatic N) is 4. The molecule has 0 atom stereocenters. The fourth-order valence-corrected chi connectivity index (χ4v) is 1.99. The van der Waals surface area contributed by atoms with Crippen molar-refractivity contribution in [2.24, 2.45) is 0 Å². The van der Waals surface area contributed by atoms with Gasteiger partial charge in [0.1, 0.15) is 12.7 Å². The summed E-state index contributed by atoms with van der Waals surface area (Å²) in [6.45, 7) is 0. The molecular formula is C8H7N5P+. The van der Waals surface area contributed by atoms with Gasteiger partial charge in [0.15, 0.2) is 0 Å². The lowest BCUT2D eigenvalue weighted by atomic mass is 10.7. The summed E-state index contributed by atoms with van der Waals surface area (Å²) < 4.78 is 0. The van der Waals surface area contributed by atoms with E-state index in [1.165, 1.54) is 12.7 Å². The topological polar surface area (TPSA) is 75.4 Å². The van der Waals surface area contributed by atoms with E-state index in [4.69, 9.17) is 5.16 Å². The molecule has 2 aromatic heterocycles. The molecule has 2 rings (SSSR count). The van der Waals surface area contributed by atoms with Crippen LogP contribution in [0.1, 0.15) is 0 Å². The summed E-state index contributed by atoms with van der Waals surface area (Å²) >= 11 is 0. The smallest absolute Gasteiger partial charge is 0.240 e. The molecule has 5 nitrogen and oxygen atoms in total. The largest absolute Gasteiger partial charge is 0.280 e. The first-order valence-electron chi connectivity index (χ1n) is 3.89. The highest BCUT2D eigenvalue weighted by molar-refractivity contribution is 7.62. The molecule has 0 aliphatic heterocycles. The molecule has 0 saturated heterocycles. The van der Waals surface area contributed by atoms with Crippen LogP contribution in [-0.2, 0) is 0 Å². The van der Waals surface area contributed by atoms with Crippen molar-refractivity contribution >= 4 is 18.3 Å². The maximum atomic E-state index is 7.96. The highest BCUT2D eigenvalue weighted by Crippen LogP contribution is 2.17. The van der Waals surface area contributed by atoms with E-state index < -0.39 is 7.71 Å². The minimum Gasteiger partial charge on any atom is -0.240 e. The highest BCUT2D eigenvalue weighted by Gasteiger charge is 2.18. The molecule has 1 N–H and O–H groups in total. The Morgan fingerprint density at radius 1 is 0.786 bits per heavy atom. The van der Waals surface area contributed by atoms with Crippen LogP contribution in [0.4, 0.5) is 0 Å². The van der Waals surface area contributed by atoms with Crippen LogP contribution >= 0.6 is 7.71 Å². The van der Waals surface area contributed by atoms with E-state index in [-0.39, 0.29) is 0 Å². The van der Waals surface area contributed by atoms with Crippen LogP contribution in [0.5, 0.6) is 0 Å². The summed E-state index contributed by atoms with van der Waals surface area (Å²) in [5.41, 5.74) is 0. The van der Waals surface area contributed by atoms with Crippen molar-refractivity contribution in [3.8, 4) is 0 Å². The normalized spacial score (nSPS) is 9.71. The Morgan fingerprint density at radius 2 is 1.14 bits per heavy atom. The Bertz CT molecular complexity index is 388. The second-order valence-electron chi connectivity index (χ2n) is 2.53. The predicted octanol–water partition coefficient (Wildman–Crippen LogP) is 0.462. The molecule has 2 heterocycles. The molecular weight excluding hydrogens is 197 g/mol. The average Bonchev–Trinajstić information content (AvgIpc) is 2.30. The summed E-state index contributed by atoms with van der Waals surface area (Å²) in [5, 5.41) is 9.57. The Balaban J connectivity index is 2.35. The molecule has 0 aliphatic carbocycles. The zero-order chi connectivity index (χ0) is 9.80. The van der Waals surface area contributed by atoms with Gasteiger partial charge in [-0.3, -0.25) is 0 Å². The van der Waals surface area contributed by atoms with E-state index in [9.17, 15) is 0 Å². The Morgan fingerprint density at radius 3 is 1.50 bits per heavy atom. The van der Waals surface area contributed by atoms with Crippen molar-refractivity contribution in [1.29, 1.82) is 5.16 Å². The lowest BCUT2D eigenvalue weighted by Crippen LogP contribution is -2.08. The number of hydrogen-bond donors (Lipinski definition) is 1. The SMILES string of the molecule is N=[P+](c1cncnc1)c1cncnc1. The van der Waals surface area contributed by atoms with E-state index >= 15 is 0 Å². The standard InChI is InChI=1S/C8H7N5P/c9-14(7-1-10-5-11-2-7)8-3-12-6-13-4-8/h1-6,9H/q+1. The minimum atomic E-state index is -1.17. The summed E-state index contributed by atoms with van der Waals surface area (Å²) in [4.78, 5) is 15.5. The Kier molecular flexibility index (Phi) is 2.51. The Hall–Kier alpha value is -1.74. The van der Waals surface area contributed by atoms with E-state index in [0.717, 1.165) is 10.6 Å². The predicted molar refractivity (Wildman–Crippen MR) is 53.0 cm³/mol. The van der Waals surface area contributed by atoms with E-state index in [1.54, 1.807) is 24.8 Å². The van der Waals surface area contributed by atoms with Crippen LogP contribution in [0.2, 0.25) is 0 Å². The Labute approximate surface area is 81.6 Å². The van der Waals surface area contributed by atoms with Gasteiger partial charge < -0.3 is 0 Å². The maximum Gasteiger partial charge on any atom is 0.280 e. The van der Waals surface area contributed by atoms with Crippen molar-refractivity contribution in [3.63, 3.8) is 0 Å². The molecule has 14 heavy (non-hydrogen) atoms. The van der Waals surface area contributed by atoms with Gasteiger partial charge in [0.25, 0.3) is 7.71 Å². The van der Waals surface area contributed by atoms with Gasteiger partial charge in [0, 0.05) is 0 Å². The monoisotopic (exact) mass is 204 g/mol. The maximum absolute atomic E-state index is 7.96. The third-order valence-corrected chi connectivity index (χ3v) is 3.10. The van der Waals surface area contributed by atoms with Crippen molar-refractivity contribution in [1.82, 2.24) is 19.9 Å². The quantitative estimate of drug-likeness (QED) is 0.721. The highest BCUT2D eigenvalue weighted by atomic mass is 31.1. The van der Waals surface area contributed by atoms with Crippen LogP contribution in [0.15, 0.2) is 37.4 Å².